The van der Waals surface area contributed by atoms with Gasteiger partial charge in [0.15, 0.2) is 11.6 Å². The van der Waals surface area contributed by atoms with Crippen LogP contribution >= 0.6 is 0 Å². The van der Waals surface area contributed by atoms with Crippen LogP contribution < -0.4 is 22.5 Å². The van der Waals surface area contributed by atoms with Crippen LogP contribution in [0, 0.1) is 21.7 Å². The molecule has 0 heterocycles. The molecule has 0 saturated heterocycles. The van der Waals surface area contributed by atoms with Crippen LogP contribution in [0.15, 0.2) is 91.0 Å². The summed E-state index contributed by atoms with van der Waals surface area (Å²) in [6, 6.07) is 20.7. The smallest absolute Gasteiger partial charge is 0.292 e. The van der Waals surface area contributed by atoms with Crippen LogP contribution in [0.4, 0.5) is 25.8 Å². The van der Waals surface area contributed by atoms with Gasteiger partial charge in [-0.25, -0.2) is 25.6 Å². The highest BCUT2D eigenvalue weighted by Crippen LogP contribution is 2.23. The van der Waals surface area contributed by atoms with Crippen molar-refractivity contribution in [2.75, 3.05) is 10.9 Å². The number of nitro groups is 1. The van der Waals surface area contributed by atoms with E-state index in [0.29, 0.717) is 16.8 Å². The van der Waals surface area contributed by atoms with Crippen LogP contribution in [0.3, 0.4) is 0 Å². The number of carbonyl (C=O) groups is 2. The Balaban J connectivity index is 0.000000206. The molecule has 9 nitrogen and oxygen atoms in total. The lowest BCUT2D eigenvalue weighted by molar-refractivity contribution is -0.383. The van der Waals surface area contributed by atoms with Gasteiger partial charge in [0.2, 0.25) is 0 Å². The summed E-state index contributed by atoms with van der Waals surface area (Å²) in [5.74, 6) is 9.34. The third kappa shape index (κ3) is 6.78. The molecule has 0 bridgehead atoms. The largest absolute Gasteiger partial charge is 0.393 e. The molecule has 0 atom stereocenters. The van der Waals surface area contributed by atoms with Crippen molar-refractivity contribution in [3.63, 3.8) is 0 Å². The zero-order chi connectivity index (χ0) is 27.1. The zero-order valence-corrected chi connectivity index (χ0v) is 19.2. The maximum Gasteiger partial charge on any atom is 0.292 e. The van der Waals surface area contributed by atoms with E-state index < -0.39 is 10.7 Å². The fourth-order valence-corrected chi connectivity index (χ4v) is 3.18. The second-order valence-electron chi connectivity index (χ2n) is 7.66. The van der Waals surface area contributed by atoms with Gasteiger partial charge in [-0.1, -0.05) is 0 Å². The van der Waals surface area contributed by atoms with Crippen molar-refractivity contribution in [2.24, 2.45) is 11.7 Å². The van der Waals surface area contributed by atoms with Crippen LogP contribution in [-0.2, 0) is 0 Å². The zero-order valence-electron chi connectivity index (χ0n) is 19.2. The third-order valence-electron chi connectivity index (χ3n) is 5.13. The molecule has 0 amide bonds. The Bertz CT molecular complexity index is 1430. The number of ketones is 2. The Morgan fingerprint density at radius 1 is 0.676 bits per heavy atom. The molecule has 37 heavy (non-hydrogen) atoms. The van der Waals surface area contributed by atoms with Gasteiger partial charge >= 0.3 is 0 Å². The normalized spacial score (nSPS) is 10.2. The first-order chi connectivity index (χ1) is 17.6. The van der Waals surface area contributed by atoms with Gasteiger partial charge in [0.25, 0.3) is 5.69 Å². The molecule has 4 aromatic carbocycles. The summed E-state index contributed by atoms with van der Waals surface area (Å²) in [6.07, 6.45) is 0. The van der Waals surface area contributed by atoms with Crippen molar-refractivity contribution in [3.05, 3.63) is 135 Å². The van der Waals surface area contributed by atoms with E-state index in [1.54, 1.807) is 24.3 Å². The van der Waals surface area contributed by atoms with E-state index in [0.717, 1.165) is 5.12 Å². The molecule has 0 fully saturated rings. The summed E-state index contributed by atoms with van der Waals surface area (Å²) in [5.41, 5.74) is 7.19. The lowest BCUT2D eigenvalue weighted by Crippen LogP contribution is -2.37. The highest BCUT2D eigenvalue weighted by atomic mass is 19.1. The number of anilines is 2. The number of hydrogen-bond donors (Lipinski definition) is 3. The van der Waals surface area contributed by atoms with Crippen LogP contribution in [0.1, 0.15) is 31.8 Å². The minimum atomic E-state index is -0.624. The predicted octanol–water partition coefficient (Wildman–Crippen LogP) is 4.16. The Morgan fingerprint density at radius 2 is 1.05 bits per heavy atom. The molecule has 0 saturated carbocycles. The Labute approximate surface area is 209 Å². The molecule has 4 rings (SSSR count). The van der Waals surface area contributed by atoms with Gasteiger partial charge in [-0.15, -0.1) is 0 Å². The summed E-state index contributed by atoms with van der Waals surface area (Å²) < 4.78 is 25.5. The van der Waals surface area contributed by atoms with Crippen LogP contribution in [-0.4, -0.2) is 16.5 Å². The molecular formula is C26H21F2N5O4. The SMILES string of the molecule is NN(N)c1ccc(C(=O)c2ccc(F)cc2)cc1.Nc1cc(C(=O)c2ccc(F)cc2)ccc1[N+](=O)[O-]. The number of hydrazine groups is 2. The number of rotatable bonds is 6. The van der Waals surface area contributed by atoms with Crippen LogP contribution in [0.5, 0.6) is 0 Å². The second-order valence-corrected chi connectivity index (χ2v) is 7.66. The van der Waals surface area contributed by atoms with E-state index >= 15 is 0 Å². The number of nitrogen functional groups attached to an aromatic ring is 1. The number of carbonyl (C=O) groups excluding carboxylic acids is 2. The summed E-state index contributed by atoms with van der Waals surface area (Å²) in [5, 5.41) is 11.6. The molecule has 188 valence electrons. The van der Waals surface area contributed by atoms with E-state index in [9.17, 15) is 28.5 Å². The first kappa shape index (κ1) is 26.6. The fourth-order valence-electron chi connectivity index (χ4n) is 3.18. The molecule has 0 aliphatic heterocycles. The minimum absolute atomic E-state index is 0.0852. The lowest BCUT2D eigenvalue weighted by Gasteiger charge is -2.11. The van der Waals surface area contributed by atoms with Gasteiger partial charge in [-0.2, -0.15) is 0 Å². The van der Waals surface area contributed by atoms with Gasteiger partial charge in [-0.05, 0) is 84.9 Å². The van der Waals surface area contributed by atoms with Crippen molar-refractivity contribution in [1.82, 2.24) is 0 Å². The van der Waals surface area contributed by atoms with E-state index in [1.807, 2.05) is 0 Å². The Morgan fingerprint density at radius 3 is 1.43 bits per heavy atom. The topological polar surface area (TPSA) is 159 Å². The number of benzene rings is 4. The van der Waals surface area contributed by atoms with Crippen molar-refractivity contribution in [1.29, 1.82) is 0 Å². The summed E-state index contributed by atoms with van der Waals surface area (Å²) in [4.78, 5) is 34.1. The molecule has 0 radical (unpaired) electrons. The highest BCUT2D eigenvalue weighted by molar-refractivity contribution is 6.10. The van der Waals surface area contributed by atoms with E-state index in [1.165, 1.54) is 66.7 Å². The first-order valence-electron chi connectivity index (χ1n) is 10.6. The third-order valence-corrected chi connectivity index (χ3v) is 5.13. The molecule has 11 heteroatoms. The van der Waals surface area contributed by atoms with Crippen LogP contribution in [0.25, 0.3) is 0 Å². The standard InChI is InChI=1S/C13H12FN3O.C13H9FN2O3/c14-11-5-1-9(2-6-11)13(18)10-3-7-12(8-4-10)17(15)16;14-10-4-1-8(2-5-10)13(17)9-3-6-12(16(18)19)11(15)7-9/h1-8H,15-16H2;1-7H,15H2. The molecule has 4 aromatic rings. The average molecular weight is 505 g/mol. The number of nitrogens with two attached hydrogens (primary N) is 3. The summed E-state index contributed by atoms with van der Waals surface area (Å²) >= 11 is 0. The first-order valence-corrected chi connectivity index (χ1v) is 10.6. The van der Waals surface area contributed by atoms with Crippen molar-refractivity contribution >= 4 is 28.6 Å². The molecule has 0 spiro atoms. The maximum atomic E-state index is 12.8. The van der Waals surface area contributed by atoms with Gasteiger partial charge in [0.1, 0.15) is 17.3 Å². The van der Waals surface area contributed by atoms with Gasteiger partial charge in [-0.3, -0.25) is 19.7 Å². The number of nitro benzene ring substituents is 1. The molecule has 0 unspecified atom stereocenters. The highest BCUT2D eigenvalue weighted by Gasteiger charge is 2.15. The number of hydrogen-bond acceptors (Lipinski definition) is 8. The molecular weight excluding hydrogens is 484 g/mol. The average Bonchev–Trinajstić information content (AvgIpc) is 2.89. The predicted molar refractivity (Wildman–Crippen MR) is 134 cm³/mol. The molecule has 0 aliphatic rings. The maximum absolute atomic E-state index is 12.8. The molecule has 0 aliphatic carbocycles. The minimum Gasteiger partial charge on any atom is -0.393 e. The quantitative estimate of drug-likeness (QED) is 0.116. The Kier molecular flexibility index (Phi) is 8.35. The number of halogens is 2. The monoisotopic (exact) mass is 505 g/mol. The number of nitrogens with zero attached hydrogens (tertiary/aromatic N) is 2. The van der Waals surface area contributed by atoms with Crippen molar-refractivity contribution in [3.8, 4) is 0 Å². The van der Waals surface area contributed by atoms with Crippen molar-refractivity contribution < 1.29 is 23.3 Å². The van der Waals surface area contributed by atoms with Crippen molar-refractivity contribution in [2.45, 2.75) is 0 Å². The van der Waals surface area contributed by atoms with Crippen LogP contribution in [0.2, 0.25) is 0 Å². The molecule has 6 N–H and O–H groups in total. The molecule has 0 aromatic heterocycles. The fraction of sp³-hybridized carbons (Fsp3) is 0. The lowest BCUT2D eigenvalue weighted by atomic mass is 10.0. The van der Waals surface area contributed by atoms with E-state index in [2.05, 4.69) is 0 Å². The van der Waals surface area contributed by atoms with E-state index in [-0.39, 0.29) is 39.9 Å². The Hall–Kier alpha value is -5.00. The second kappa shape index (κ2) is 11.6. The van der Waals surface area contributed by atoms with Gasteiger partial charge in [0.05, 0.1) is 10.6 Å². The van der Waals surface area contributed by atoms with Gasteiger partial charge in [0, 0.05) is 28.3 Å². The van der Waals surface area contributed by atoms with E-state index in [4.69, 9.17) is 17.4 Å². The summed E-state index contributed by atoms with van der Waals surface area (Å²) in [6.45, 7) is 0. The summed E-state index contributed by atoms with van der Waals surface area (Å²) in [7, 11) is 0. The van der Waals surface area contributed by atoms with Gasteiger partial charge < -0.3 is 5.73 Å².